The predicted octanol–water partition coefficient (Wildman–Crippen LogP) is 7.11. The first-order chi connectivity index (χ1) is 16.6. The summed E-state index contributed by atoms with van der Waals surface area (Å²) in [6.07, 6.45) is -5.54. The van der Waals surface area contributed by atoms with Crippen LogP contribution in [0, 0.1) is 0 Å². The maximum Gasteiger partial charge on any atom is 0.650 e. The van der Waals surface area contributed by atoms with Gasteiger partial charge in [0.15, 0.2) is 0 Å². The molecule has 2 aromatic carbocycles. The Morgan fingerprint density at radius 3 is 2.31 bits per heavy atom. The molecule has 1 heterocycles. The number of alkyl halides is 6. The minimum absolute atomic E-state index is 0.110. The number of hydrogen-bond donors (Lipinski definition) is 1. The van der Waals surface area contributed by atoms with E-state index in [2.05, 4.69) is 9.17 Å². The van der Waals surface area contributed by atoms with E-state index in [1.54, 1.807) is 6.07 Å². The smallest absolute Gasteiger partial charge is 0.462 e. The van der Waals surface area contributed by atoms with Gasteiger partial charge in [-0.25, -0.2) is 14.0 Å². The Balaban J connectivity index is 2.50. The fourth-order valence-corrected chi connectivity index (χ4v) is 4.08. The van der Waals surface area contributed by atoms with Crippen LogP contribution in [0.15, 0.2) is 36.4 Å². The van der Waals surface area contributed by atoms with E-state index >= 15 is 0 Å². The van der Waals surface area contributed by atoms with E-state index in [0.29, 0.717) is 6.07 Å². The highest BCUT2D eigenvalue weighted by Crippen LogP contribution is 2.42. The molecular formula is C21H14Cl2F6NO5S+. The molecule has 0 saturated carbocycles. The fraction of sp³-hybridized carbons (Fsp3) is 0.238. The highest BCUT2D eigenvalue weighted by atomic mass is 35.5. The molecular weight excluding hydrogens is 563 g/mol. The normalized spacial score (nSPS) is 13.9. The topological polar surface area (TPSA) is 85.7 Å². The van der Waals surface area contributed by atoms with Crippen LogP contribution in [0.4, 0.5) is 26.3 Å². The van der Waals surface area contributed by atoms with Gasteiger partial charge in [-0.2, -0.15) is 13.2 Å². The van der Waals surface area contributed by atoms with E-state index in [9.17, 15) is 39.9 Å². The minimum Gasteiger partial charge on any atom is -0.462 e. The molecule has 0 amide bonds. The van der Waals surface area contributed by atoms with E-state index in [1.165, 1.54) is 25.1 Å². The summed E-state index contributed by atoms with van der Waals surface area (Å²) >= 11 is 12.1. The van der Waals surface area contributed by atoms with Gasteiger partial charge in [0.1, 0.15) is 5.56 Å². The summed E-state index contributed by atoms with van der Waals surface area (Å²) in [5, 5.41) is -0.706. The predicted molar refractivity (Wildman–Crippen MR) is 119 cm³/mol. The van der Waals surface area contributed by atoms with Crippen molar-refractivity contribution in [2.75, 3.05) is 6.61 Å². The van der Waals surface area contributed by atoms with Crippen LogP contribution in [0.3, 0.4) is 0 Å². The minimum atomic E-state index is -6.20. The van der Waals surface area contributed by atoms with Gasteiger partial charge in [0, 0.05) is 21.9 Å². The number of nitrogens with zero attached hydrogens (tertiary/aromatic N) is 1. The van der Waals surface area contributed by atoms with Crippen molar-refractivity contribution in [3.05, 3.63) is 68.7 Å². The maximum atomic E-state index is 13.8. The molecule has 0 aliphatic heterocycles. The molecule has 3 aromatic rings. The van der Waals surface area contributed by atoms with Crippen molar-refractivity contribution < 1.29 is 48.8 Å². The highest BCUT2D eigenvalue weighted by Gasteiger charge is 2.64. The van der Waals surface area contributed by atoms with Crippen molar-refractivity contribution in [2.45, 2.75) is 25.0 Å². The van der Waals surface area contributed by atoms with E-state index in [-0.39, 0.29) is 28.1 Å². The van der Waals surface area contributed by atoms with Gasteiger partial charge in [-0.1, -0.05) is 41.4 Å². The Labute approximate surface area is 210 Å². The lowest BCUT2D eigenvalue weighted by atomic mass is 9.94. The Hall–Kier alpha value is -2.61. The van der Waals surface area contributed by atoms with Gasteiger partial charge in [-0.3, -0.25) is 0 Å². The Bertz CT molecular complexity index is 1380. The lowest BCUT2D eigenvalue weighted by Gasteiger charge is -2.18. The highest BCUT2D eigenvalue weighted by molar-refractivity contribution is 7.94. The van der Waals surface area contributed by atoms with Gasteiger partial charge >= 0.3 is 28.1 Å². The SMILES string of the molecule is CCOC(=O)c1c(O[S+](=O)(O)C(F)(F)F)nc2c(C(F)(F)F)cc(Cl)cc2c1Cc1ccccc1Cl. The molecule has 0 aliphatic carbocycles. The number of aromatic nitrogens is 1. The Morgan fingerprint density at radius 2 is 1.75 bits per heavy atom. The van der Waals surface area contributed by atoms with Gasteiger partial charge < -0.3 is 4.74 Å². The first kappa shape index (κ1) is 28.0. The summed E-state index contributed by atoms with van der Waals surface area (Å²) in [4.78, 5) is 16.3. The molecule has 0 aliphatic rings. The zero-order valence-corrected chi connectivity index (χ0v) is 20.2. The molecule has 36 heavy (non-hydrogen) atoms. The number of esters is 1. The zero-order valence-electron chi connectivity index (χ0n) is 17.8. The number of benzene rings is 2. The molecule has 3 rings (SSSR count). The summed E-state index contributed by atoms with van der Waals surface area (Å²) in [5.74, 6) is -2.85. The van der Waals surface area contributed by atoms with Crippen LogP contribution in [0.1, 0.15) is 34.0 Å². The second kappa shape index (κ2) is 10.0. The molecule has 1 aromatic heterocycles. The van der Waals surface area contributed by atoms with E-state index in [1.807, 2.05) is 0 Å². The standard InChI is InChI=1S/C21H13Cl2F6NO5S/c1-2-34-19(31)16-12(7-10-5-3-4-6-15(10)23)13-8-11(22)9-14(20(24,25)26)17(13)30-18(16)35-36(32,33)21(27,28)29/h3-6,8-9H,2,7H2,1H3/p+1. The van der Waals surface area contributed by atoms with Gasteiger partial charge in [-0.05, 0) is 40.5 Å². The average Bonchev–Trinajstić information content (AvgIpc) is 2.73. The molecule has 6 nitrogen and oxygen atoms in total. The molecule has 15 heteroatoms. The third-order valence-electron chi connectivity index (χ3n) is 4.72. The lowest BCUT2D eigenvalue weighted by Crippen LogP contribution is -2.35. The summed E-state index contributed by atoms with van der Waals surface area (Å²) < 4.78 is 111. The summed E-state index contributed by atoms with van der Waals surface area (Å²) in [7, 11) is -6.20. The van der Waals surface area contributed by atoms with E-state index in [0.717, 1.165) is 6.07 Å². The third-order valence-corrected chi connectivity index (χ3v) is 6.28. The van der Waals surface area contributed by atoms with Crippen molar-refractivity contribution in [1.29, 1.82) is 0 Å². The molecule has 1 unspecified atom stereocenters. The van der Waals surface area contributed by atoms with E-state index in [4.69, 9.17) is 27.9 Å². The number of halogens is 8. The number of rotatable bonds is 6. The summed E-state index contributed by atoms with van der Waals surface area (Å²) in [5.41, 5.74) is -9.35. The molecule has 0 spiro atoms. The van der Waals surface area contributed by atoms with Crippen molar-refractivity contribution in [3.63, 3.8) is 0 Å². The van der Waals surface area contributed by atoms with Crippen molar-refractivity contribution >= 4 is 50.6 Å². The maximum absolute atomic E-state index is 13.8. The molecule has 0 fully saturated rings. The number of pyridine rings is 1. The molecule has 1 atom stereocenters. The number of fused-ring (bicyclic) bond motifs is 1. The first-order valence-electron chi connectivity index (χ1n) is 9.73. The zero-order chi connectivity index (χ0) is 27.1. The second-order valence-electron chi connectivity index (χ2n) is 7.11. The van der Waals surface area contributed by atoms with Crippen molar-refractivity contribution in [1.82, 2.24) is 4.98 Å². The van der Waals surface area contributed by atoms with Crippen LogP contribution in [0.5, 0.6) is 5.88 Å². The molecule has 0 bridgehead atoms. The molecule has 1 N–H and O–H groups in total. The average molecular weight is 577 g/mol. The van der Waals surface area contributed by atoms with Gasteiger partial charge in [-0.15, -0.1) is 17.7 Å². The van der Waals surface area contributed by atoms with Crippen molar-refractivity contribution in [3.8, 4) is 5.88 Å². The second-order valence-corrected chi connectivity index (χ2v) is 9.53. The number of ether oxygens (including phenoxy) is 1. The summed E-state index contributed by atoms with van der Waals surface area (Å²) in [6, 6.07) is 7.41. The number of carbonyl (C=O) groups is 1. The van der Waals surface area contributed by atoms with Crippen LogP contribution < -0.4 is 4.18 Å². The Kier molecular flexibility index (Phi) is 7.80. The van der Waals surface area contributed by atoms with E-state index < -0.39 is 62.1 Å². The third kappa shape index (κ3) is 5.69. The van der Waals surface area contributed by atoms with Crippen LogP contribution in [0.2, 0.25) is 10.0 Å². The lowest BCUT2D eigenvalue weighted by molar-refractivity contribution is -0.136. The molecule has 0 radical (unpaired) electrons. The quantitative estimate of drug-likeness (QED) is 0.191. The Morgan fingerprint density at radius 1 is 1.11 bits per heavy atom. The monoisotopic (exact) mass is 576 g/mol. The van der Waals surface area contributed by atoms with Crippen LogP contribution in [0.25, 0.3) is 10.9 Å². The largest absolute Gasteiger partial charge is 0.650 e. The van der Waals surface area contributed by atoms with Gasteiger partial charge in [0.2, 0.25) is 0 Å². The number of hydrogen-bond acceptors (Lipinski definition) is 5. The summed E-state index contributed by atoms with van der Waals surface area (Å²) in [6.45, 7) is 1.04. The molecule has 194 valence electrons. The molecule has 0 saturated heterocycles. The van der Waals surface area contributed by atoms with Gasteiger partial charge in [0.25, 0.3) is 5.88 Å². The first-order valence-corrected chi connectivity index (χ1v) is 11.9. The van der Waals surface area contributed by atoms with Crippen LogP contribution >= 0.6 is 23.2 Å². The van der Waals surface area contributed by atoms with Crippen molar-refractivity contribution in [2.24, 2.45) is 0 Å². The number of carbonyl (C=O) groups excluding carboxylic acids is 1. The van der Waals surface area contributed by atoms with Crippen LogP contribution in [-0.4, -0.2) is 27.6 Å². The van der Waals surface area contributed by atoms with Crippen LogP contribution in [-0.2, 0) is 32.0 Å². The van der Waals surface area contributed by atoms with Gasteiger partial charge in [0.05, 0.1) is 17.7 Å². The fourth-order valence-electron chi connectivity index (χ4n) is 3.23.